The number of ether oxygens (including phenoxy) is 1. The van der Waals surface area contributed by atoms with Crippen molar-refractivity contribution in [2.45, 2.75) is 53.8 Å². The van der Waals surface area contributed by atoms with Crippen molar-refractivity contribution in [3.8, 4) is 0 Å². The third-order valence-electron chi connectivity index (χ3n) is 4.63. The average molecular weight is 659 g/mol. The minimum absolute atomic E-state index is 0.440. The van der Waals surface area contributed by atoms with Crippen molar-refractivity contribution in [3.05, 3.63) is 0 Å². The Morgan fingerprint density at radius 1 is 0.725 bits per heavy atom. The molecule has 0 bridgehead atoms. The summed E-state index contributed by atoms with van der Waals surface area (Å²) in [5, 5.41) is 1.17. The zero-order valence-electron chi connectivity index (χ0n) is 19.2. The number of hydrogen-bond donors (Lipinski definition) is 2. The minimum atomic E-state index is -8.33. The summed E-state index contributed by atoms with van der Waals surface area (Å²) in [5.74, 6) is -34.2. The van der Waals surface area contributed by atoms with Crippen molar-refractivity contribution >= 4 is 16.0 Å². The average Bonchev–Trinajstić information content (AvgIpc) is 2.67. The molecule has 0 saturated heterocycles. The Hall–Kier alpha value is -1.89. The van der Waals surface area contributed by atoms with Crippen molar-refractivity contribution in [1.29, 1.82) is 0 Å². The Balaban J connectivity index is 6.17. The minimum Gasteiger partial charge on any atom is -0.477 e. The van der Waals surface area contributed by atoms with Crippen LogP contribution in [0.3, 0.4) is 0 Å². The summed E-state index contributed by atoms with van der Waals surface area (Å²) in [6.07, 6.45) is -24.8. The van der Waals surface area contributed by atoms with E-state index in [9.17, 15) is 87.8 Å². The van der Waals surface area contributed by atoms with Gasteiger partial charge in [-0.15, -0.1) is 0 Å². The van der Waals surface area contributed by atoms with E-state index < -0.39 is 93.9 Å². The number of carboxylic acid groups (broad SMARTS) is 1. The quantitative estimate of drug-likeness (QED) is 0.155. The van der Waals surface area contributed by atoms with Crippen molar-refractivity contribution in [1.82, 2.24) is 4.72 Å². The molecule has 0 saturated carbocycles. The molecule has 0 aromatic heterocycles. The predicted molar refractivity (Wildman–Crippen MR) is 92.8 cm³/mol. The number of carboxylic acids is 1. The number of nitrogens with zero attached hydrogens (tertiary/aromatic N) is 1. The second kappa shape index (κ2) is 10.7. The third-order valence-corrected chi connectivity index (χ3v) is 6.15. The molecule has 0 aromatic rings. The summed E-state index contributed by atoms with van der Waals surface area (Å²) in [5.41, 5.74) is 0. The van der Waals surface area contributed by atoms with Crippen LogP contribution in [0.2, 0.25) is 0 Å². The van der Waals surface area contributed by atoms with E-state index in [4.69, 9.17) is 5.11 Å². The van der Waals surface area contributed by atoms with Gasteiger partial charge in [-0.3, -0.25) is 0 Å². The number of rotatable bonds is 15. The summed E-state index contributed by atoms with van der Waals surface area (Å²) in [6, 6.07) is 0. The molecule has 7 nitrogen and oxygen atoms in total. The van der Waals surface area contributed by atoms with E-state index in [0.29, 0.717) is 4.72 Å². The van der Waals surface area contributed by atoms with Crippen molar-refractivity contribution in [3.63, 3.8) is 0 Å². The van der Waals surface area contributed by atoms with Gasteiger partial charge in [0, 0.05) is 13.0 Å². The SMILES string of the molecule is C[N+](C)(CCCNS(=O)(=O)C(F)(F)C(F)(F)C(F)(F)C(F)(F)OC(F)(F)C(F)(F)C(F)(F)C(F)(F)F)CC(=O)O. The Morgan fingerprint density at radius 3 is 1.45 bits per heavy atom. The monoisotopic (exact) mass is 659 g/mol. The number of carbonyl (C=O) groups is 1. The lowest BCUT2D eigenvalue weighted by Crippen LogP contribution is -2.69. The molecule has 0 spiro atoms. The Kier molecular flexibility index (Phi) is 10.2. The van der Waals surface area contributed by atoms with Crippen LogP contribution in [0, 0.1) is 0 Å². The summed E-state index contributed by atoms with van der Waals surface area (Å²) in [6.45, 7) is -2.52. The fraction of sp³-hybridized carbons (Fsp3) is 0.933. The van der Waals surface area contributed by atoms with Crippen LogP contribution in [0.1, 0.15) is 6.42 Å². The van der Waals surface area contributed by atoms with E-state index in [2.05, 4.69) is 0 Å². The topological polar surface area (TPSA) is 92.7 Å². The molecule has 40 heavy (non-hydrogen) atoms. The standard InChI is InChI=1S/C15H15F17N2O5S/c1-34(2,6-7(35)36)5-3-4-33-40(37,38)15(31,32)11(22,23)10(20,21)14(29,30)39-13(27,28)9(18,19)8(16,17)12(24,25)26/h33H,3-6H2,1-2H3/p+1. The van der Waals surface area contributed by atoms with Gasteiger partial charge in [-0.05, 0) is 0 Å². The second-order valence-corrected chi connectivity index (χ2v) is 10.2. The molecule has 0 unspecified atom stereocenters. The first-order valence-electron chi connectivity index (χ1n) is 9.52. The highest BCUT2D eigenvalue weighted by Crippen LogP contribution is 2.59. The van der Waals surface area contributed by atoms with E-state index in [-0.39, 0.29) is 0 Å². The number of sulfonamides is 1. The van der Waals surface area contributed by atoms with E-state index in [1.807, 2.05) is 0 Å². The van der Waals surface area contributed by atoms with Gasteiger partial charge in [0.1, 0.15) is 0 Å². The molecule has 0 heterocycles. The van der Waals surface area contributed by atoms with Gasteiger partial charge in [0.05, 0.1) is 20.6 Å². The molecule has 0 radical (unpaired) electrons. The molecule has 0 rings (SSSR count). The fourth-order valence-corrected chi connectivity index (χ4v) is 3.49. The number of quaternary nitrogens is 1. The van der Waals surface area contributed by atoms with E-state index in [0.717, 1.165) is 14.1 Å². The zero-order chi connectivity index (χ0) is 32.8. The fourth-order valence-electron chi connectivity index (χ4n) is 2.43. The van der Waals surface area contributed by atoms with E-state index in [1.165, 1.54) is 4.74 Å². The van der Waals surface area contributed by atoms with E-state index >= 15 is 0 Å². The lowest BCUT2D eigenvalue weighted by atomic mass is 10.1. The largest absolute Gasteiger partial charge is 0.477 e. The maximum atomic E-state index is 13.9. The van der Waals surface area contributed by atoms with Gasteiger partial charge >= 0.3 is 53.3 Å². The molecule has 0 aliphatic carbocycles. The van der Waals surface area contributed by atoms with Crippen LogP contribution in [-0.2, 0) is 19.6 Å². The first-order valence-corrected chi connectivity index (χ1v) is 11.0. The number of halogens is 17. The normalized spacial score (nSPS) is 15.9. The molecule has 0 aliphatic heterocycles. The molecule has 25 heteroatoms. The molecular weight excluding hydrogens is 643 g/mol. The predicted octanol–water partition coefficient (Wildman–Crippen LogP) is 4.36. The highest BCUT2D eigenvalue weighted by molar-refractivity contribution is 7.90. The van der Waals surface area contributed by atoms with Crippen LogP contribution in [0.15, 0.2) is 0 Å². The van der Waals surface area contributed by atoms with Gasteiger partial charge < -0.3 is 9.59 Å². The van der Waals surface area contributed by atoms with Gasteiger partial charge in [0.2, 0.25) is 0 Å². The Labute approximate surface area is 211 Å². The smallest absolute Gasteiger partial charge is 0.460 e. The number of alkyl halides is 17. The Morgan fingerprint density at radius 2 is 1.10 bits per heavy atom. The van der Waals surface area contributed by atoms with Crippen LogP contribution >= 0.6 is 0 Å². The van der Waals surface area contributed by atoms with Gasteiger partial charge in [0.25, 0.3) is 10.0 Å². The maximum absolute atomic E-state index is 13.9. The summed E-state index contributed by atoms with van der Waals surface area (Å²) in [4.78, 5) is 10.6. The van der Waals surface area contributed by atoms with Crippen LogP contribution in [0.5, 0.6) is 0 Å². The molecule has 0 aliphatic rings. The molecule has 0 amide bonds. The van der Waals surface area contributed by atoms with Crippen LogP contribution in [0.4, 0.5) is 74.6 Å². The van der Waals surface area contributed by atoms with Gasteiger partial charge in [-0.25, -0.2) is 22.7 Å². The zero-order valence-corrected chi connectivity index (χ0v) is 20.0. The van der Waals surface area contributed by atoms with E-state index in [1.54, 1.807) is 0 Å². The lowest BCUT2D eigenvalue weighted by Gasteiger charge is -2.39. The molecular formula is C15H16F17N2O5S+. The van der Waals surface area contributed by atoms with Gasteiger partial charge in [0.15, 0.2) is 6.54 Å². The highest BCUT2D eigenvalue weighted by Gasteiger charge is 2.89. The maximum Gasteiger partial charge on any atom is 0.460 e. The van der Waals surface area contributed by atoms with Crippen molar-refractivity contribution in [2.24, 2.45) is 0 Å². The highest BCUT2D eigenvalue weighted by atomic mass is 32.2. The van der Waals surface area contributed by atoms with Crippen molar-refractivity contribution < 1.29 is 102 Å². The van der Waals surface area contributed by atoms with Gasteiger partial charge in [-0.2, -0.15) is 74.6 Å². The second-order valence-electron chi connectivity index (χ2n) is 8.41. The van der Waals surface area contributed by atoms with Crippen LogP contribution in [0.25, 0.3) is 0 Å². The number of likely N-dealkylation sites (N-methyl/N-ethyl adjacent to an activating group) is 1. The van der Waals surface area contributed by atoms with Crippen LogP contribution < -0.4 is 4.72 Å². The summed E-state index contributed by atoms with van der Waals surface area (Å²) < 4.78 is 248. The van der Waals surface area contributed by atoms with Crippen LogP contribution in [-0.4, -0.2) is 105 Å². The number of nitrogens with one attached hydrogen (secondary N) is 1. The first kappa shape index (κ1) is 38.1. The molecule has 0 atom stereocenters. The number of hydrogen-bond acceptors (Lipinski definition) is 4. The molecule has 240 valence electrons. The summed E-state index contributed by atoms with van der Waals surface area (Å²) in [7, 11) is -4.92. The van der Waals surface area contributed by atoms with Gasteiger partial charge in [-0.1, -0.05) is 0 Å². The first-order chi connectivity index (χ1) is 17.1. The van der Waals surface area contributed by atoms with Crippen molar-refractivity contribution in [2.75, 3.05) is 33.7 Å². The molecule has 0 aromatic carbocycles. The summed E-state index contributed by atoms with van der Waals surface area (Å²) >= 11 is 0. The lowest BCUT2D eigenvalue weighted by molar-refractivity contribution is -0.883. The number of aliphatic carboxylic acids is 1. The third kappa shape index (κ3) is 6.77. The molecule has 0 fully saturated rings. The Bertz CT molecular complexity index is 1030. The molecule has 2 N–H and O–H groups in total.